The fourth-order valence-corrected chi connectivity index (χ4v) is 4.63. The molecule has 4 nitrogen and oxygen atoms in total. The molecule has 0 saturated carbocycles. The Labute approximate surface area is 189 Å². The smallest absolute Gasteiger partial charge is 0.215 e. The van der Waals surface area contributed by atoms with E-state index in [9.17, 15) is 0 Å². The van der Waals surface area contributed by atoms with Gasteiger partial charge in [0, 0.05) is 27.0 Å². The summed E-state index contributed by atoms with van der Waals surface area (Å²) in [4.78, 5) is 0. The quantitative estimate of drug-likeness (QED) is 0.412. The van der Waals surface area contributed by atoms with E-state index < -0.39 is 0 Å². The van der Waals surface area contributed by atoms with Gasteiger partial charge in [-0.15, -0.1) is 0 Å². The summed E-state index contributed by atoms with van der Waals surface area (Å²) < 4.78 is 13.0. The molecule has 30 heavy (non-hydrogen) atoms. The van der Waals surface area contributed by atoms with E-state index in [4.69, 9.17) is 26.2 Å². The highest BCUT2D eigenvalue weighted by Gasteiger charge is 2.41. The van der Waals surface area contributed by atoms with E-state index in [-0.39, 0.29) is 12.3 Å². The maximum absolute atomic E-state index is 6.52. The SMILES string of the molecule is CCOc1ccc(C2=NN3[C@@H](c4ccccc4Cl)Oc4ccc(Br)cc4[C@@H]3C2)cc1. The van der Waals surface area contributed by atoms with Gasteiger partial charge in [0.1, 0.15) is 11.5 Å². The molecule has 2 heterocycles. The first-order chi connectivity index (χ1) is 14.6. The maximum atomic E-state index is 6.52. The van der Waals surface area contributed by atoms with Crippen LogP contribution in [0.5, 0.6) is 11.5 Å². The van der Waals surface area contributed by atoms with Crippen LogP contribution in [0, 0.1) is 0 Å². The molecule has 6 heteroatoms. The van der Waals surface area contributed by atoms with E-state index in [1.165, 1.54) is 0 Å². The molecule has 2 aliphatic heterocycles. The van der Waals surface area contributed by atoms with Gasteiger partial charge in [-0.05, 0) is 61.0 Å². The normalized spacial score (nSPS) is 19.6. The maximum Gasteiger partial charge on any atom is 0.215 e. The molecule has 0 saturated heterocycles. The van der Waals surface area contributed by atoms with Crippen LogP contribution in [0.4, 0.5) is 0 Å². The lowest BCUT2D eigenvalue weighted by Crippen LogP contribution is -2.33. The second-order valence-corrected chi connectivity index (χ2v) is 8.60. The van der Waals surface area contributed by atoms with Crippen molar-refractivity contribution in [1.82, 2.24) is 5.01 Å². The number of nitrogens with zero attached hydrogens (tertiary/aromatic N) is 2. The lowest BCUT2D eigenvalue weighted by Gasteiger charge is -2.38. The number of hydrogen-bond donors (Lipinski definition) is 0. The predicted molar refractivity (Wildman–Crippen MR) is 122 cm³/mol. The largest absolute Gasteiger partial charge is 0.494 e. The Hall–Kier alpha value is -2.50. The van der Waals surface area contributed by atoms with Crippen molar-refractivity contribution in [3.8, 4) is 11.5 Å². The standard InChI is InChI=1S/C24H20BrClN2O2/c1-2-29-17-10-7-15(8-11-17)21-14-22-19-13-16(25)9-12-23(19)30-24(28(22)27-21)18-5-3-4-6-20(18)26/h3-13,22,24H,2,14H2,1H3/t22-,24+/m0/s1. The summed E-state index contributed by atoms with van der Waals surface area (Å²) in [6.45, 7) is 2.63. The summed E-state index contributed by atoms with van der Waals surface area (Å²) in [5.74, 6) is 1.73. The van der Waals surface area contributed by atoms with Crippen molar-refractivity contribution in [1.29, 1.82) is 0 Å². The van der Waals surface area contributed by atoms with Crippen molar-refractivity contribution >= 4 is 33.2 Å². The Kier molecular flexibility index (Phi) is 5.17. The van der Waals surface area contributed by atoms with Crippen LogP contribution in [0.1, 0.15) is 42.3 Å². The van der Waals surface area contributed by atoms with E-state index in [0.717, 1.165) is 44.8 Å². The zero-order valence-corrected chi connectivity index (χ0v) is 18.7. The van der Waals surface area contributed by atoms with Gasteiger partial charge in [-0.3, -0.25) is 0 Å². The molecule has 2 atom stereocenters. The Balaban J connectivity index is 1.56. The Morgan fingerprint density at radius 2 is 1.90 bits per heavy atom. The van der Waals surface area contributed by atoms with E-state index in [2.05, 4.69) is 34.1 Å². The molecule has 0 fully saturated rings. The van der Waals surface area contributed by atoms with Gasteiger partial charge in [-0.2, -0.15) is 5.10 Å². The third-order valence-electron chi connectivity index (χ3n) is 5.42. The van der Waals surface area contributed by atoms with Crippen LogP contribution >= 0.6 is 27.5 Å². The number of rotatable bonds is 4. The second-order valence-electron chi connectivity index (χ2n) is 7.28. The van der Waals surface area contributed by atoms with Crippen LogP contribution in [-0.4, -0.2) is 17.3 Å². The lowest BCUT2D eigenvalue weighted by molar-refractivity contribution is -0.0190. The molecule has 0 bridgehead atoms. The third-order valence-corrected chi connectivity index (χ3v) is 6.26. The predicted octanol–water partition coefficient (Wildman–Crippen LogP) is 6.74. The number of hydrazone groups is 1. The Morgan fingerprint density at radius 3 is 2.67 bits per heavy atom. The first-order valence-corrected chi connectivity index (χ1v) is 11.1. The fourth-order valence-electron chi connectivity index (χ4n) is 4.02. The van der Waals surface area contributed by atoms with Crippen LogP contribution in [0.25, 0.3) is 0 Å². The molecule has 2 aliphatic rings. The number of ether oxygens (including phenoxy) is 2. The van der Waals surface area contributed by atoms with E-state index in [1.807, 2.05) is 60.5 Å². The van der Waals surface area contributed by atoms with Gasteiger partial charge in [0.05, 0.1) is 18.4 Å². The molecule has 152 valence electrons. The number of fused-ring (bicyclic) bond motifs is 3. The fraction of sp³-hybridized carbons (Fsp3) is 0.208. The first-order valence-electron chi connectivity index (χ1n) is 9.93. The van der Waals surface area contributed by atoms with Crippen LogP contribution in [0.3, 0.4) is 0 Å². The van der Waals surface area contributed by atoms with Crippen LogP contribution < -0.4 is 9.47 Å². The minimum absolute atomic E-state index is 0.0779. The average molecular weight is 484 g/mol. The molecular weight excluding hydrogens is 464 g/mol. The van der Waals surface area contributed by atoms with Crippen molar-refractivity contribution in [2.24, 2.45) is 5.10 Å². The molecule has 0 aliphatic carbocycles. The summed E-state index contributed by atoms with van der Waals surface area (Å²) in [6.07, 6.45) is 0.416. The summed E-state index contributed by atoms with van der Waals surface area (Å²) in [5, 5.41) is 7.71. The molecule has 5 rings (SSSR count). The van der Waals surface area contributed by atoms with Crippen molar-refractivity contribution in [3.63, 3.8) is 0 Å². The molecule has 3 aromatic rings. The van der Waals surface area contributed by atoms with Crippen LogP contribution in [-0.2, 0) is 0 Å². The van der Waals surface area contributed by atoms with E-state index >= 15 is 0 Å². The van der Waals surface area contributed by atoms with Gasteiger partial charge in [-0.1, -0.05) is 45.7 Å². The van der Waals surface area contributed by atoms with Gasteiger partial charge in [0.2, 0.25) is 6.23 Å². The monoisotopic (exact) mass is 482 g/mol. The van der Waals surface area contributed by atoms with Gasteiger partial charge in [0.15, 0.2) is 0 Å². The molecule has 0 unspecified atom stereocenters. The van der Waals surface area contributed by atoms with Crippen LogP contribution in [0.15, 0.2) is 76.3 Å². The van der Waals surface area contributed by atoms with Gasteiger partial charge < -0.3 is 9.47 Å². The number of benzene rings is 3. The highest BCUT2D eigenvalue weighted by Crippen LogP contribution is 2.49. The van der Waals surface area contributed by atoms with Gasteiger partial charge >= 0.3 is 0 Å². The molecular formula is C24H20BrClN2O2. The molecule has 0 spiro atoms. The number of halogens is 2. The molecule has 0 aromatic heterocycles. The molecule has 0 N–H and O–H groups in total. The Bertz CT molecular complexity index is 1120. The lowest BCUT2D eigenvalue weighted by atomic mass is 9.96. The van der Waals surface area contributed by atoms with E-state index in [1.54, 1.807) is 0 Å². The minimum atomic E-state index is -0.377. The summed E-state index contributed by atoms with van der Waals surface area (Å²) >= 11 is 10.1. The molecule has 0 radical (unpaired) electrons. The molecule has 3 aromatic carbocycles. The third kappa shape index (κ3) is 3.46. The minimum Gasteiger partial charge on any atom is -0.494 e. The molecule has 0 amide bonds. The van der Waals surface area contributed by atoms with Crippen molar-refractivity contribution in [2.45, 2.75) is 25.6 Å². The summed E-state index contributed by atoms with van der Waals surface area (Å²) in [5.41, 5.74) is 4.14. The highest BCUT2D eigenvalue weighted by atomic mass is 79.9. The van der Waals surface area contributed by atoms with Gasteiger partial charge in [-0.25, -0.2) is 5.01 Å². The first kappa shape index (κ1) is 19.5. The second kappa shape index (κ2) is 7.97. The van der Waals surface area contributed by atoms with Crippen molar-refractivity contribution in [3.05, 3.63) is 92.9 Å². The van der Waals surface area contributed by atoms with Gasteiger partial charge in [0.25, 0.3) is 0 Å². The average Bonchev–Trinajstić information content (AvgIpc) is 3.20. The topological polar surface area (TPSA) is 34.1 Å². The zero-order chi connectivity index (χ0) is 20.7. The summed E-state index contributed by atoms with van der Waals surface area (Å²) in [6, 6.07) is 22.1. The summed E-state index contributed by atoms with van der Waals surface area (Å²) in [7, 11) is 0. The highest BCUT2D eigenvalue weighted by molar-refractivity contribution is 9.10. The van der Waals surface area contributed by atoms with Crippen molar-refractivity contribution < 1.29 is 9.47 Å². The van der Waals surface area contributed by atoms with Crippen molar-refractivity contribution in [2.75, 3.05) is 6.61 Å². The van der Waals surface area contributed by atoms with E-state index in [0.29, 0.717) is 11.6 Å². The Morgan fingerprint density at radius 1 is 1.10 bits per heavy atom. The number of hydrogen-bond acceptors (Lipinski definition) is 4. The zero-order valence-electron chi connectivity index (χ0n) is 16.4. The van der Waals surface area contributed by atoms with Crippen LogP contribution in [0.2, 0.25) is 5.02 Å².